The summed E-state index contributed by atoms with van der Waals surface area (Å²) in [6.07, 6.45) is 2.41. The maximum absolute atomic E-state index is 4.76. The third-order valence-corrected chi connectivity index (χ3v) is 5.24. The van der Waals surface area contributed by atoms with Gasteiger partial charge in [-0.15, -0.1) is 11.3 Å². The van der Waals surface area contributed by atoms with E-state index in [9.17, 15) is 0 Å². The van der Waals surface area contributed by atoms with Gasteiger partial charge in [0.25, 0.3) is 0 Å². The van der Waals surface area contributed by atoms with Crippen molar-refractivity contribution in [3.63, 3.8) is 0 Å². The molecule has 0 bridgehead atoms. The van der Waals surface area contributed by atoms with E-state index in [-0.39, 0.29) is 0 Å². The molecule has 1 N–H and O–H groups in total. The smallest absolute Gasteiger partial charge is 0.0900 e. The number of thiazole rings is 1. The molecule has 0 amide bonds. The van der Waals surface area contributed by atoms with E-state index in [0.29, 0.717) is 18.1 Å². The highest BCUT2D eigenvalue weighted by Gasteiger charge is 2.31. The van der Waals surface area contributed by atoms with Crippen LogP contribution in [0.25, 0.3) is 0 Å². The highest BCUT2D eigenvalue weighted by molar-refractivity contribution is 7.11. The van der Waals surface area contributed by atoms with Crippen molar-refractivity contribution in [2.45, 2.75) is 65.6 Å². The molecule has 0 spiro atoms. The third kappa shape index (κ3) is 3.18. The van der Waals surface area contributed by atoms with Crippen molar-refractivity contribution < 1.29 is 0 Å². The summed E-state index contributed by atoms with van der Waals surface area (Å²) in [5.41, 5.74) is 1.29. The van der Waals surface area contributed by atoms with E-state index >= 15 is 0 Å². The monoisotopic (exact) mass is 281 g/mol. The summed E-state index contributed by atoms with van der Waals surface area (Å²) in [7, 11) is 0. The van der Waals surface area contributed by atoms with Crippen LogP contribution in [0.5, 0.6) is 0 Å². The lowest BCUT2D eigenvalue weighted by molar-refractivity contribution is 0.0831. The molecule has 3 unspecified atom stereocenters. The van der Waals surface area contributed by atoms with Crippen molar-refractivity contribution >= 4 is 11.3 Å². The van der Waals surface area contributed by atoms with Crippen molar-refractivity contribution in [1.82, 2.24) is 15.2 Å². The number of nitrogens with zero attached hydrogens (tertiary/aromatic N) is 2. The molecular formula is C15H27N3S. The second kappa shape index (κ2) is 6.33. The summed E-state index contributed by atoms with van der Waals surface area (Å²) in [6.45, 7) is 13.5. The van der Waals surface area contributed by atoms with Crippen LogP contribution in [-0.2, 0) is 0 Å². The molecule has 4 heteroatoms. The lowest BCUT2D eigenvalue weighted by Gasteiger charge is -2.43. The molecule has 1 saturated heterocycles. The summed E-state index contributed by atoms with van der Waals surface area (Å²) in [4.78, 5) is 8.80. The lowest BCUT2D eigenvalue weighted by Crippen LogP contribution is -2.56. The van der Waals surface area contributed by atoms with E-state index in [4.69, 9.17) is 4.98 Å². The number of nitrogens with one attached hydrogen (secondary N) is 1. The molecule has 0 radical (unpaired) electrons. The molecule has 1 aliphatic rings. The topological polar surface area (TPSA) is 28.2 Å². The molecule has 1 fully saturated rings. The normalized spacial score (nSPS) is 26.6. The molecule has 0 saturated carbocycles. The molecule has 19 heavy (non-hydrogen) atoms. The first-order chi connectivity index (χ1) is 9.06. The number of aryl methyl sites for hydroxylation is 2. The Balaban J connectivity index is 2.18. The predicted octanol–water partition coefficient (Wildman–Crippen LogP) is 3.28. The first kappa shape index (κ1) is 14.9. The Morgan fingerprint density at radius 3 is 2.63 bits per heavy atom. The van der Waals surface area contributed by atoms with Gasteiger partial charge in [-0.25, -0.2) is 4.98 Å². The van der Waals surface area contributed by atoms with Gasteiger partial charge in [-0.3, -0.25) is 4.90 Å². The summed E-state index contributed by atoms with van der Waals surface area (Å²) in [5, 5.41) is 4.86. The summed E-state index contributed by atoms with van der Waals surface area (Å²) >= 11 is 1.82. The molecule has 3 atom stereocenters. The van der Waals surface area contributed by atoms with Crippen molar-refractivity contribution in [1.29, 1.82) is 0 Å². The van der Waals surface area contributed by atoms with Crippen LogP contribution in [0.3, 0.4) is 0 Å². The fourth-order valence-electron chi connectivity index (χ4n) is 3.10. The minimum atomic E-state index is 0.436. The molecule has 0 aliphatic carbocycles. The molecule has 1 aromatic heterocycles. The third-order valence-electron chi connectivity index (χ3n) is 4.34. The van der Waals surface area contributed by atoms with Crippen LogP contribution >= 0.6 is 11.3 Å². The largest absolute Gasteiger partial charge is 0.311 e. The van der Waals surface area contributed by atoms with Crippen LogP contribution in [0.1, 0.15) is 55.2 Å². The first-order valence-electron chi connectivity index (χ1n) is 7.49. The van der Waals surface area contributed by atoms with Gasteiger partial charge >= 0.3 is 0 Å². The van der Waals surface area contributed by atoms with E-state index in [0.717, 1.165) is 13.1 Å². The van der Waals surface area contributed by atoms with Crippen molar-refractivity contribution in [2.24, 2.45) is 0 Å². The minimum Gasteiger partial charge on any atom is -0.311 e. The maximum atomic E-state index is 4.76. The Kier molecular flexibility index (Phi) is 4.98. The number of rotatable bonds is 4. The summed E-state index contributed by atoms with van der Waals surface area (Å²) in [6, 6.07) is 1.70. The van der Waals surface area contributed by atoms with Crippen molar-refractivity contribution in [3.05, 3.63) is 15.6 Å². The molecule has 3 nitrogen and oxygen atoms in total. The zero-order valence-electron chi connectivity index (χ0n) is 12.9. The number of piperazine rings is 1. The summed E-state index contributed by atoms with van der Waals surface area (Å²) in [5.74, 6) is 0. The first-order valence-corrected chi connectivity index (χ1v) is 8.31. The standard InChI is InChI=1S/C15H27N3S/c1-6-13-9-18(14(7-2)8-16-13)10(3)15-11(4)19-12(5)17-15/h10,13-14,16H,6-9H2,1-5H3. The Labute approximate surface area is 121 Å². The average Bonchev–Trinajstić information content (AvgIpc) is 2.76. The van der Waals surface area contributed by atoms with Gasteiger partial charge in [0.2, 0.25) is 0 Å². The Bertz CT molecular complexity index is 416. The second-order valence-electron chi connectivity index (χ2n) is 5.62. The number of hydrogen-bond acceptors (Lipinski definition) is 4. The number of hydrogen-bond donors (Lipinski definition) is 1. The zero-order chi connectivity index (χ0) is 14.0. The van der Waals surface area contributed by atoms with Gasteiger partial charge in [-0.05, 0) is 33.6 Å². The Morgan fingerprint density at radius 1 is 1.37 bits per heavy atom. The van der Waals surface area contributed by atoms with Crippen LogP contribution < -0.4 is 5.32 Å². The van der Waals surface area contributed by atoms with Crippen LogP contribution in [0.2, 0.25) is 0 Å². The predicted molar refractivity (Wildman–Crippen MR) is 82.9 cm³/mol. The van der Waals surface area contributed by atoms with Crippen LogP contribution in [-0.4, -0.2) is 35.1 Å². The van der Waals surface area contributed by atoms with Gasteiger partial charge < -0.3 is 5.32 Å². The van der Waals surface area contributed by atoms with Gasteiger partial charge in [-0.1, -0.05) is 13.8 Å². The second-order valence-corrected chi connectivity index (χ2v) is 7.03. The van der Waals surface area contributed by atoms with Gasteiger partial charge in [-0.2, -0.15) is 0 Å². The van der Waals surface area contributed by atoms with E-state index in [1.807, 2.05) is 11.3 Å². The molecule has 0 aromatic carbocycles. The molecule has 1 aliphatic heterocycles. The molecule has 2 heterocycles. The molecule has 1 aromatic rings. The number of aromatic nitrogens is 1. The fraction of sp³-hybridized carbons (Fsp3) is 0.800. The van der Waals surface area contributed by atoms with Gasteiger partial charge in [0.05, 0.1) is 16.7 Å². The van der Waals surface area contributed by atoms with Crippen LogP contribution in [0, 0.1) is 13.8 Å². The maximum Gasteiger partial charge on any atom is 0.0900 e. The quantitative estimate of drug-likeness (QED) is 0.918. The van der Waals surface area contributed by atoms with Gasteiger partial charge in [0.1, 0.15) is 0 Å². The van der Waals surface area contributed by atoms with Crippen molar-refractivity contribution in [2.75, 3.05) is 13.1 Å². The van der Waals surface area contributed by atoms with E-state index in [1.165, 1.54) is 28.4 Å². The highest BCUT2D eigenvalue weighted by atomic mass is 32.1. The Morgan fingerprint density at radius 2 is 2.11 bits per heavy atom. The SMILES string of the molecule is CCC1CN(C(C)c2nc(C)sc2C)C(CC)CN1. The van der Waals surface area contributed by atoms with Gasteiger partial charge in [0, 0.05) is 30.1 Å². The van der Waals surface area contributed by atoms with E-state index < -0.39 is 0 Å². The summed E-state index contributed by atoms with van der Waals surface area (Å²) < 4.78 is 0. The molecule has 108 valence electrons. The van der Waals surface area contributed by atoms with Crippen LogP contribution in [0.15, 0.2) is 0 Å². The van der Waals surface area contributed by atoms with Crippen molar-refractivity contribution in [3.8, 4) is 0 Å². The fourth-order valence-corrected chi connectivity index (χ4v) is 4.01. The lowest BCUT2D eigenvalue weighted by atomic mass is 10.0. The highest BCUT2D eigenvalue weighted by Crippen LogP contribution is 2.30. The van der Waals surface area contributed by atoms with Crippen LogP contribution in [0.4, 0.5) is 0 Å². The van der Waals surface area contributed by atoms with Gasteiger partial charge in [0.15, 0.2) is 0 Å². The minimum absolute atomic E-state index is 0.436. The van der Waals surface area contributed by atoms with E-state index in [1.54, 1.807) is 0 Å². The average molecular weight is 281 g/mol. The van der Waals surface area contributed by atoms with E-state index in [2.05, 4.69) is 44.8 Å². The Hall–Kier alpha value is -0.450. The zero-order valence-corrected chi connectivity index (χ0v) is 13.7. The molecular weight excluding hydrogens is 254 g/mol. The molecule has 2 rings (SSSR count).